The minimum atomic E-state index is -0.857. The number of ether oxygens (including phenoxy) is 5. The number of benzene rings is 3. The summed E-state index contributed by atoms with van der Waals surface area (Å²) in [5.41, 5.74) is 2.42. The topological polar surface area (TPSA) is 97.6 Å². The Balaban J connectivity index is 1.83. The molecule has 3 aromatic carbocycles. The van der Waals surface area contributed by atoms with Crippen LogP contribution >= 0.6 is 27.3 Å². The van der Waals surface area contributed by atoms with E-state index in [1.54, 1.807) is 52.5 Å². The van der Waals surface area contributed by atoms with Crippen LogP contribution in [0.15, 0.2) is 80.5 Å². The normalized spacial score (nSPS) is 14.6. The zero-order chi connectivity index (χ0) is 30.7. The fourth-order valence-electron chi connectivity index (χ4n) is 4.95. The quantitative estimate of drug-likeness (QED) is 0.239. The zero-order valence-corrected chi connectivity index (χ0v) is 26.6. The molecular formula is C32H29BrN2O7S. The molecule has 2 heterocycles. The summed E-state index contributed by atoms with van der Waals surface area (Å²) in [5.74, 6) is 1.46. The lowest BCUT2D eigenvalue weighted by Crippen LogP contribution is -2.40. The number of aromatic nitrogens is 1. The maximum absolute atomic E-state index is 14.2. The molecular weight excluding hydrogens is 636 g/mol. The number of esters is 1. The number of carbonyl (C=O) groups is 1. The number of methoxy groups -OCH3 is 4. The van der Waals surface area contributed by atoms with Crippen LogP contribution in [0.2, 0.25) is 0 Å². The molecule has 1 aliphatic rings. The molecule has 0 amide bonds. The van der Waals surface area contributed by atoms with Crippen LogP contribution in [-0.4, -0.2) is 45.6 Å². The SMILES string of the molecule is CCOC(=O)C1=C(c2ccccc2)N=c2s/c(=C\c3cc(Br)c(OC)c(OC)c3)c(=O)n2[C@@H]1c1ccc(OC)c(OC)c1. The van der Waals surface area contributed by atoms with E-state index in [0.29, 0.717) is 53.6 Å². The van der Waals surface area contributed by atoms with E-state index in [2.05, 4.69) is 15.9 Å². The van der Waals surface area contributed by atoms with Gasteiger partial charge in [0.25, 0.3) is 5.56 Å². The first-order chi connectivity index (χ1) is 20.8. The fourth-order valence-corrected chi connectivity index (χ4v) is 6.57. The molecule has 9 nitrogen and oxygen atoms in total. The van der Waals surface area contributed by atoms with Crippen molar-refractivity contribution in [2.45, 2.75) is 13.0 Å². The van der Waals surface area contributed by atoms with Crippen LogP contribution in [0.1, 0.15) is 29.7 Å². The molecule has 0 saturated carbocycles. The maximum Gasteiger partial charge on any atom is 0.338 e. The van der Waals surface area contributed by atoms with E-state index in [4.69, 9.17) is 28.7 Å². The average Bonchev–Trinajstić information content (AvgIpc) is 3.33. The molecule has 0 aliphatic carbocycles. The molecule has 0 radical (unpaired) electrons. The smallest absolute Gasteiger partial charge is 0.338 e. The summed E-state index contributed by atoms with van der Waals surface area (Å²) in [4.78, 5) is 33.2. The van der Waals surface area contributed by atoms with Crippen molar-refractivity contribution in [3.05, 3.63) is 107 Å². The molecule has 0 N–H and O–H groups in total. The molecule has 43 heavy (non-hydrogen) atoms. The van der Waals surface area contributed by atoms with E-state index < -0.39 is 12.0 Å². The van der Waals surface area contributed by atoms with Gasteiger partial charge in [-0.1, -0.05) is 47.7 Å². The number of thiazole rings is 1. The largest absolute Gasteiger partial charge is 0.493 e. The Morgan fingerprint density at radius 3 is 2.33 bits per heavy atom. The lowest BCUT2D eigenvalue weighted by atomic mass is 9.93. The molecule has 0 bridgehead atoms. The van der Waals surface area contributed by atoms with Gasteiger partial charge in [-0.05, 0) is 64.3 Å². The highest BCUT2D eigenvalue weighted by atomic mass is 79.9. The van der Waals surface area contributed by atoms with Gasteiger partial charge in [0, 0.05) is 5.56 Å². The number of hydrogen-bond donors (Lipinski definition) is 0. The number of nitrogens with zero attached hydrogens (tertiary/aromatic N) is 2. The van der Waals surface area contributed by atoms with Gasteiger partial charge in [0.2, 0.25) is 0 Å². The summed E-state index contributed by atoms with van der Waals surface area (Å²) < 4.78 is 30.1. The Hall–Kier alpha value is -4.35. The van der Waals surface area contributed by atoms with Crippen LogP contribution in [-0.2, 0) is 9.53 Å². The van der Waals surface area contributed by atoms with Gasteiger partial charge >= 0.3 is 5.97 Å². The first kappa shape index (κ1) is 30.1. The molecule has 0 spiro atoms. The second-order valence-corrected chi connectivity index (χ2v) is 11.1. The third-order valence-corrected chi connectivity index (χ3v) is 8.42. The highest BCUT2D eigenvalue weighted by Gasteiger charge is 2.35. The number of carbonyl (C=O) groups excluding carboxylic acids is 1. The molecule has 4 aromatic rings. The Bertz CT molecular complexity index is 1900. The third kappa shape index (κ3) is 5.70. The molecule has 0 unspecified atom stereocenters. The Kier molecular flexibility index (Phi) is 9.02. The van der Waals surface area contributed by atoms with Gasteiger partial charge in [0.15, 0.2) is 27.8 Å². The van der Waals surface area contributed by atoms with Gasteiger partial charge in [0.1, 0.15) is 0 Å². The van der Waals surface area contributed by atoms with Gasteiger partial charge in [0.05, 0.1) is 61.4 Å². The molecule has 1 atom stereocenters. The fraction of sp³-hybridized carbons (Fsp3) is 0.219. The van der Waals surface area contributed by atoms with Crippen LogP contribution in [0, 0.1) is 0 Å². The van der Waals surface area contributed by atoms with Gasteiger partial charge in [-0.2, -0.15) is 0 Å². The first-order valence-electron chi connectivity index (χ1n) is 13.3. The number of fused-ring (bicyclic) bond motifs is 1. The molecule has 0 fully saturated rings. The monoisotopic (exact) mass is 664 g/mol. The summed E-state index contributed by atoms with van der Waals surface area (Å²) in [6.45, 7) is 1.89. The Morgan fingerprint density at radius 1 is 0.953 bits per heavy atom. The van der Waals surface area contributed by atoms with Crippen molar-refractivity contribution in [3.8, 4) is 23.0 Å². The van der Waals surface area contributed by atoms with Gasteiger partial charge in [-0.25, -0.2) is 9.79 Å². The summed E-state index contributed by atoms with van der Waals surface area (Å²) in [5, 5.41) is 0. The van der Waals surface area contributed by atoms with Crippen molar-refractivity contribution in [1.82, 2.24) is 4.57 Å². The van der Waals surface area contributed by atoms with Crippen LogP contribution in [0.4, 0.5) is 0 Å². The zero-order valence-electron chi connectivity index (χ0n) is 24.2. The highest BCUT2D eigenvalue weighted by molar-refractivity contribution is 9.10. The van der Waals surface area contributed by atoms with E-state index in [-0.39, 0.29) is 17.7 Å². The summed E-state index contributed by atoms with van der Waals surface area (Å²) in [6, 6.07) is 17.5. The van der Waals surface area contributed by atoms with E-state index in [9.17, 15) is 9.59 Å². The van der Waals surface area contributed by atoms with Crippen molar-refractivity contribution < 1.29 is 28.5 Å². The number of hydrogen-bond acceptors (Lipinski definition) is 9. The van der Waals surface area contributed by atoms with Crippen LogP contribution < -0.4 is 33.8 Å². The van der Waals surface area contributed by atoms with Gasteiger partial charge in [-0.15, -0.1) is 0 Å². The van der Waals surface area contributed by atoms with E-state index in [1.165, 1.54) is 23.0 Å². The standard InChI is InChI=1S/C32H29BrN2O7S/c1-6-42-31(37)26-27(19-10-8-7-9-11-19)34-32-35(28(26)20-12-13-22(38-2)23(17-20)39-3)30(36)25(43-32)16-18-14-21(33)29(41-5)24(15-18)40-4/h7-17,28H,6H2,1-5H3/b25-16-/t28-/m1/s1. The number of rotatable bonds is 9. The summed E-state index contributed by atoms with van der Waals surface area (Å²) >= 11 is 4.75. The molecule has 1 aliphatic heterocycles. The van der Waals surface area contributed by atoms with Crippen LogP contribution in [0.5, 0.6) is 23.0 Å². The van der Waals surface area contributed by atoms with Crippen LogP contribution in [0.25, 0.3) is 11.8 Å². The van der Waals surface area contributed by atoms with Crippen molar-refractivity contribution in [2.75, 3.05) is 35.0 Å². The average molecular weight is 666 g/mol. The lowest BCUT2D eigenvalue weighted by molar-refractivity contribution is -0.138. The second-order valence-electron chi connectivity index (χ2n) is 9.28. The minimum Gasteiger partial charge on any atom is -0.493 e. The maximum atomic E-state index is 14.2. The van der Waals surface area contributed by atoms with Crippen molar-refractivity contribution in [2.24, 2.45) is 4.99 Å². The summed E-state index contributed by atoms with van der Waals surface area (Å²) in [7, 11) is 6.18. The highest BCUT2D eigenvalue weighted by Crippen LogP contribution is 2.39. The van der Waals surface area contributed by atoms with Gasteiger partial charge in [-0.3, -0.25) is 9.36 Å². The van der Waals surface area contributed by atoms with Gasteiger partial charge < -0.3 is 23.7 Å². The van der Waals surface area contributed by atoms with Crippen molar-refractivity contribution in [3.63, 3.8) is 0 Å². The minimum absolute atomic E-state index is 0.154. The Morgan fingerprint density at radius 2 is 1.67 bits per heavy atom. The number of halogens is 1. The molecule has 1 aromatic heterocycles. The Labute approximate surface area is 260 Å². The lowest BCUT2D eigenvalue weighted by Gasteiger charge is -2.26. The van der Waals surface area contributed by atoms with E-state index >= 15 is 0 Å². The third-order valence-electron chi connectivity index (χ3n) is 6.85. The summed E-state index contributed by atoms with van der Waals surface area (Å²) in [6.07, 6.45) is 1.76. The second kappa shape index (κ2) is 12.9. The van der Waals surface area contributed by atoms with Crippen molar-refractivity contribution >= 4 is 45.0 Å². The molecule has 11 heteroatoms. The predicted molar refractivity (Wildman–Crippen MR) is 168 cm³/mol. The predicted octanol–water partition coefficient (Wildman–Crippen LogP) is 4.73. The first-order valence-corrected chi connectivity index (χ1v) is 14.9. The molecule has 5 rings (SSSR count). The van der Waals surface area contributed by atoms with Crippen LogP contribution in [0.3, 0.4) is 0 Å². The van der Waals surface area contributed by atoms with E-state index in [1.807, 2.05) is 42.5 Å². The molecule has 222 valence electrons. The van der Waals surface area contributed by atoms with Crippen molar-refractivity contribution in [1.29, 1.82) is 0 Å². The molecule has 0 saturated heterocycles. The van der Waals surface area contributed by atoms with E-state index in [0.717, 1.165) is 5.56 Å².